The molecule has 1 aromatic heterocycles. The van der Waals surface area contributed by atoms with Gasteiger partial charge in [0.1, 0.15) is 0 Å². The molecule has 1 heterocycles. The van der Waals surface area contributed by atoms with Gasteiger partial charge in [-0.2, -0.15) is 0 Å². The summed E-state index contributed by atoms with van der Waals surface area (Å²) in [6.07, 6.45) is 3.57. The monoisotopic (exact) mass is 170 g/mol. The molecule has 0 saturated heterocycles. The molecule has 0 amide bonds. The Morgan fingerprint density at radius 1 is 1.55 bits per heavy atom. The van der Waals surface area contributed by atoms with E-state index in [4.69, 9.17) is 11.6 Å². The van der Waals surface area contributed by atoms with Crippen LogP contribution in [0, 0.1) is 0 Å². The van der Waals surface area contributed by atoms with Gasteiger partial charge >= 0.3 is 0 Å². The highest BCUT2D eigenvalue weighted by atomic mass is 35.5. The Labute approximate surface area is 71.8 Å². The van der Waals surface area contributed by atoms with Crippen LogP contribution in [-0.4, -0.2) is 19.1 Å². The van der Waals surface area contributed by atoms with E-state index < -0.39 is 0 Å². The van der Waals surface area contributed by atoms with E-state index >= 15 is 0 Å². The quantitative estimate of drug-likeness (QED) is 0.631. The van der Waals surface area contributed by atoms with Gasteiger partial charge in [-0.1, -0.05) is 0 Å². The minimum absolute atomic E-state index is 0.538. The predicted octanol–water partition coefficient (Wildman–Crippen LogP) is 1.89. The molecule has 1 rings (SSSR count). The summed E-state index contributed by atoms with van der Waals surface area (Å²) in [5, 5.41) is 0. The first-order chi connectivity index (χ1) is 5.25. The Morgan fingerprint density at radius 3 is 2.73 bits per heavy atom. The lowest BCUT2D eigenvalue weighted by Crippen LogP contribution is -2.10. The van der Waals surface area contributed by atoms with E-state index in [1.54, 1.807) is 6.20 Å². The van der Waals surface area contributed by atoms with E-state index in [1.165, 1.54) is 0 Å². The van der Waals surface area contributed by atoms with Crippen molar-refractivity contribution < 1.29 is 0 Å². The fourth-order valence-corrected chi connectivity index (χ4v) is 1.16. The largest absolute Gasteiger partial charge is 0.376 e. The second kappa shape index (κ2) is 3.58. The van der Waals surface area contributed by atoms with Crippen molar-refractivity contribution in [2.45, 2.75) is 5.88 Å². The average Bonchev–Trinajstić information content (AvgIpc) is 2.04. The molecule has 0 spiro atoms. The highest BCUT2D eigenvalue weighted by Crippen LogP contribution is 2.17. The van der Waals surface area contributed by atoms with Crippen molar-refractivity contribution in [3.05, 3.63) is 24.0 Å². The first kappa shape index (κ1) is 8.34. The molecule has 3 heteroatoms. The number of hydrogen-bond donors (Lipinski definition) is 0. The van der Waals surface area contributed by atoms with Crippen molar-refractivity contribution in [2.24, 2.45) is 0 Å². The minimum atomic E-state index is 0.538. The molecule has 0 atom stereocenters. The molecule has 1 aromatic rings. The highest BCUT2D eigenvalue weighted by molar-refractivity contribution is 6.17. The Kier molecular flexibility index (Phi) is 2.71. The van der Waals surface area contributed by atoms with Crippen molar-refractivity contribution in [3.63, 3.8) is 0 Å². The summed E-state index contributed by atoms with van der Waals surface area (Å²) in [5.74, 6) is 0.538. The molecule has 0 aliphatic heterocycles. The van der Waals surface area contributed by atoms with Crippen LogP contribution in [-0.2, 0) is 5.88 Å². The summed E-state index contributed by atoms with van der Waals surface area (Å²) < 4.78 is 0. The van der Waals surface area contributed by atoms with Gasteiger partial charge in [-0.15, -0.1) is 11.6 Å². The third-order valence-electron chi connectivity index (χ3n) is 1.51. The number of anilines is 1. The molecule has 0 aliphatic carbocycles. The van der Waals surface area contributed by atoms with Crippen molar-refractivity contribution in [2.75, 3.05) is 19.0 Å². The zero-order valence-electron chi connectivity index (χ0n) is 6.71. The molecule has 2 nitrogen and oxygen atoms in total. The van der Waals surface area contributed by atoms with Crippen LogP contribution < -0.4 is 4.90 Å². The molecule has 0 aliphatic rings. The number of aromatic nitrogens is 1. The molecule has 0 aromatic carbocycles. The average molecular weight is 171 g/mol. The maximum Gasteiger partial charge on any atom is 0.0592 e. The van der Waals surface area contributed by atoms with Crippen molar-refractivity contribution in [3.8, 4) is 0 Å². The summed E-state index contributed by atoms with van der Waals surface area (Å²) in [4.78, 5) is 6.02. The number of pyridine rings is 1. The molecular formula is C8H11ClN2. The zero-order chi connectivity index (χ0) is 8.27. The molecule has 0 radical (unpaired) electrons. The van der Waals surface area contributed by atoms with E-state index in [0.717, 1.165) is 11.3 Å². The second-order valence-corrected chi connectivity index (χ2v) is 2.80. The lowest BCUT2D eigenvalue weighted by atomic mass is 10.2. The topological polar surface area (TPSA) is 16.1 Å². The molecular weight excluding hydrogens is 160 g/mol. The number of nitrogens with zero attached hydrogens (tertiary/aromatic N) is 2. The standard InChI is InChI=1S/C8H11ClN2/c1-11(2)8-6-10-4-3-7(8)5-9/h3-4,6H,5H2,1-2H3. The van der Waals surface area contributed by atoms with E-state index in [9.17, 15) is 0 Å². The third-order valence-corrected chi connectivity index (χ3v) is 1.80. The highest BCUT2D eigenvalue weighted by Gasteiger charge is 2.01. The van der Waals surface area contributed by atoms with Crippen LogP contribution in [0.15, 0.2) is 18.5 Å². The fourth-order valence-electron chi connectivity index (χ4n) is 0.931. The van der Waals surface area contributed by atoms with Gasteiger partial charge in [0, 0.05) is 26.2 Å². The predicted molar refractivity (Wildman–Crippen MR) is 48.1 cm³/mol. The van der Waals surface area contributed by atoms with Crippen LogP contribution in [0.3, 0.4) is 0 Å². The Bertz CT molecular complexity index is 235. The van der Waals surface area contributed by atoms with Gasteiger partial charge in [0.05, 0.1) is 11.9 Å². The number of hydrogen-bond acceptors (Lipinski definition) is 2. The third kappa shape index (κ3) is 1.84. The SMILES string of the molecule is CN(C)c1cnccc1CCl. The Hall–Kier alpha value is -0.760. The zero-order valence-corrected chi connectivity index (χ0v) is 7.47. The van der Waals surface area contributed by atoms with E-state index in [1.807, 2.05) is 31.3 Å². The van der Waals surface area contributed by atoms with Gasteiger partial charge in [0.25, 0.3) is 0 Å². The Morgan fingerprint density at radius 2 is 2.27 bits per heavy atom. The first-order valence-electron chi connectivity index (χ1n) is 3.42. The lowest BCUT2D eigenvalue weighted by Gasteiger charge is -2.14. The summed E-state index contributed by atoms with van der Waals surface area (Å²) >= 11 is 5.72. The summed E-state index contributed by atoms with van der Waals surface area (Å²) in [7, 11) is 3.96. The molecule has 0 N–H and O–H groups in total. The number of alkyl halides is 1. The lowest BCUT2D eigenvalue weighted by molar-refractivity contribution is 1.08. The van der Waals surface area contributed by atoms with Crippen LogP contribution in [0.4, 0.5) is 5.69 Å². The van der Waals surface area contributed by atoms with E-state index in [-0.39, 0.29) is 0 Å². The maximum atomic E-state index is 5.72. The van der Waals surface area contributed by atoms with Crippen molar-refractivity contribution >= 4 is 17.3 Å². The van der Waals surface area contributed by atoms with Gasteiger partial charge < -0.3 is 4.90 Å². The van der Waals surface area contributed by atoms with Crippen LogP contribution in [0.5, 0.6) is 0 Å². The molecule has 0 bridgehead atoms. The van der Waals surface area contributed by atoms with Crippen molar-refractivity contribution in [1.29, 1.82) is 0 Å². The molecule has 0 fully saturated rings. The molecule has 0 saturated carbocycles. The Balaban J connectivity index is 3.02. The smallest absolute Gasteiger partial charge is 0.0592 e. The first-order valence-corrected chi connectivity index (χ1v) is 3.95. The summed E-state index contributed by atoms with van der Waals surface area (Å²) in [5.41, 5.74) is 2.20. The summed E-state index contributed by atoms with van der Waals surface area (Å²) in [6.45, 7) is 0. The molecule has 60 valence electrons. The van der Waals surface area contributed by atoms with E-state index in [2.05, 4.69) is 4.98 Å². The van der Waals surface area contributed by atoms with Gasteiger partial charge in [-0.05, 0) is 11.6 Å². The van der Waals surface area contributed by atoms with Gasteiger partial charge in [-0.3, -0.25) is 4.98 Å². The van der Waals surface area contributed by atoms with Crippen molar-refractivity contribution in [1.82, 2.24) is 4.98 Å². The maximum absolute atomic E-state index is 5.72. The van der Waals surface area contributed by atoms with Crippen LogP contribution >= 0.6 is 11.6 Å². The van der Waals surface area contributed by atoms with Crippen LogP contribution in [0.2, 0.25) is 0 Å². The molecule has 0 unspecified atom stereocenters. The van der Waals surface area contributed by atoms with E-state index in [0.29, 0.717) is 5.88 Å². The van der Waals surface area contributed by atoms with Gasteiger partial charge in [-0.25, -0.2) is 0 Å². The summed E-state index contributed by atoms with van der Waals surface area (Å²) in [6, 6.07) is 1.93. The second-order valence-electron chi connectivity index (χ2n) is 2.53. The van der Waals surface area contributed by atoms with Crippen LogP contribution in [0.25, 0.3) is 0 Å². The number of halogens is 1. The fraction of sp³-hybridized carbons (Fsp3) is 0.375. The van der Waals surface area contributed by atoms with Crippen LogP contribution in [0.1, 0.15) is 5.56 Å². The number of rotatable bonds is 2. The van der Waals surface area contributed by atoms with Gasteiger partial charge in [0.15, 0.2) is 0 Å². The molecule has 11 heavy (non-hydrogen) atoms. The van der Waals surface area contributed by atoms with Gasteiger partial charge in [0.2, 0.25) is 0 Å². The normalized spacial score (nSPS) is 9.73. The minimum Gasteiger partial charge on any atom is -0.376 e.